The van der Waals surface area contributed by atoms with Crippen LogP contribution in [0.15, 0.2) is 48.5 Å². The molecule has 6 nitrogen and oxygen atoms in total. The van der Waals surface area contributed by atoms with Crippen LogP contribution in [0.5, 0.6) is 11.5 Å². The van der Waals surface area contributed by atoms with Gasteiger partial charge in [-0.05, 0) is 44.2 Å². The maximum atomic E-state index is 12.2. The number of nitrogens with zero attached hydrogens (tertiary/aromatic N) is 1. The smallest absolute Gasteiger partial charge is 0.331 e. The molecule has 0 aromatic heterocycles. The van der Waals surface area contributed by atoms with E-state index in [0.717, 1.165) is 29.0 Å². The minimum absolute atomic E-state index is 0.122. The normalized spacial score (nSPS) is 14.9. The second-order valence-electron chi connectivity index (χ2n) is 6.79. The van der Waals surface area contributed by atoms with Gasteiger partial charge >= 0.3 is 5.97 Å². The van der Waals surface area contributed by atoms with Crippen molar-refractivity contribution < 1.29 is 23.8 Å². The summed E-state index contributed by atoms with van der Waals surface area (Å²) < 4.78 is 16.6. The lowest BCUT2D eigenvalue weighted by atomic mass is 10.1. The van der Waals surface area contributed by atoms with Gasteiger partial charge in [0.2, 0.25) is 0 Å². The molecule has 2 aromatic carbocycles. The van der Waals surface area contributed by atoms with Gasteiger partial charge in [0.05, 0.1) is 6.61 Å². The van der Waals surface area contributed by atoms with Crippen LogP contribution in [0.3, 0.4) is 0 Å². The molecule has 0 spiro atoms. The molecule has 0 fully saturated rings. The average Bonchev–Trinajstić information content (AvgIpc) is 3.09. The standard InChI is InChI=1S/C23H25NO5/c1-4-27-20-14-18-12-16(2)29-21(18)13-17(20)10-11-23(26)28-15-22(25)24(3)19-8-6-5-7-9-19/h5-11,13-14,16H,4,12,15H2,1-3H3/b11-10+/t16-/m1/s1. The van der Waals surface area contributed by atoms with Gasteiger partial charge in [-0.15, -0.1) is 0 Å². The fourth-order valence-corrected chi connectivity index (χ4v) is 3.10. The number of ether oxygens (including phenoxy) is 3. The van der Waals surface area contributed by atoms with Crippen molar-refractivity contribution in [1.29, 1.82) is 0 Å². The zero-order valence-corrected chi connectivity index (χ0v) is 16.9. The SMILES string of the molecule is CCOc1cc2c(cc1/C=C/C(=O)OCC(=O)N(C)c1ccccc1)O[C@H](C)C2. The number of hydrogen-bond acceptors (Lipinski definition) is 5. The zero-order valence-electron chi connectivity index (χ0n) is 16.9. The topological polar surface area (TPSA) is 65.1 Å². The highest BCUT2D eigenvalue weighted by Gasteiger charge is 2.21. The molecule has 0 radical (unpaired) electrons. The van der Waals surface area contributed by atoms with Crippen LogP contribution >= 0.6 is 0 Å². The van der Waals surface area contributed by atoms with Crippen molar-refractivity contribution in [3.05, 3.63) is 59.7 Å². The summed E-state index contributed by atoms with van der Waals surface area (Å²) >= 11 is 0. The predicted octanol–water partition coefficient (Wildman–Crippen LogP) is 3.63. The van der Waals surface area contributed by atoms with Crippen molar-refractivity contribution in [3.63, 3.8) is 0 Å². The van der Waals surface area contributed by atoms with Crippen LogP contribution in [0.4, 0.5) is 5.69 Å². The Balaban J connectivity index is 1.62. The Morgan fingerprint density at radius 2 is 2.00 bits per heavy atom. The van der Waals surface area contributed by atoms with Crippen molar-refractivity contribution in [2.24, 2.45) is 0 Å². The fourth-order valence-electron chi connectivity index (χ4n) is 3.10. The van der Waals surface area contributed by atoms with Gasteiger partial charge in [0.25, 0.3) is 5.91 Å². The zero-order chi connectivity index (χ0) is 20.8. The van der Waals surface area contributed by atoms with Gasteiger partial charge < -0.3 is 19.1 Å². The molecule has 2 aromatic rings. The minimum Gasteiger partial charge on any atom is -0.493 e. The maximum Gasteiger partial charge on any atom is 0.331 e. The van der Waals surface area contributed by atoms with E-state index < -0.39 is 5.97 Å². The van der Waals surface area contributed by atoms with E-state index in [0.29, 0.717) is 12.4 Å². The highest BCUT2D eigenvalue weighted by Crippen LogP contribution is 2.35. The molecular weight excluding hydrogens is 370 g/mol. The van der Waals surface area contributed by atoms with Crippen LogP contribution in [0, 0.1) is 0 Å². The first-order valence-corrected chi connectivity index (χ1v) is 9.60. The molecule has 3 rings (SSSR count). The quantitative estimate of drug-likeness (QED) is 0.529. The summed E-state index contributed by atoms with van der Waals surface area (Å²) in [6.45, 7) is 4.10. The Bertz CT molecular complexity index is 907. The summed E-state index contributed by atoms with van der Waals surface area (Å²) in [4.78, 5) is 25.7. The highest BCUT2D eigenvalue weighted by molar-refractivity contribution is 5.96. The molecule has 6 heteroatoms. The third-order valence-corrected chi connectivity index (χ3v) is 4.58. The first kappa shape index (κ1) is 20.5. The van der Waals surface area contributed by atoms with E-state index in [4.69, 9.17) is 14.2 Å². The fraction of sp³-hybridized carbons (Fsp3) is 0.304. The van der Waals surface area contributed by atoms with Gasteiger partial charge in [-0.25, -0.2) is 4.79 Å². The molecule has 0 N–H and O–H groups in total. The number of fused-ring (bicyclic) bond motifs is 1. The summed E-state index contributed by atoms with van der Waals surface area (Å²) in [6.07, 6.45) is 3.86. The number of hydrogen-bond donors (Lipinski definition) is 0. The van der Waals surface area contributed by atoms with E-state index in [1.54, 1.807) is 13.1 Å². The van der Waals surface area contributed by atoms with Crippen LogP contribution in [0.1, 0.15) is 25.0 Å². The number of carbonyl (C=O) groups excluding carboxylic acids is 2. The Hall–Kier alpha value is -3.28. The van der Waals surface area contributed by atoms with Crippen LogP contribution in [-0.4, -0.2) is 38.2 Å². The predicted molar refractivity (Wildman–Crippen MR) is 111 cm³/mol. The number of benzene rings is 2. The number of para-hydroxylation sites is 1. The molecule has 152 valence electrons. The number of anilines is 1. The number of rotatable bonds is 7. The molecule has 1 amide bonds. The van der Waals surface area contributed by atoms with Gasteiger partial charge in [0, 0.05) is 36.4 Å². The van der Waals surface area contributed by atoms with Gasteiger partial charge in [-0.1, -0.05) is 18.2 Å². The van der Waals surface area contributed by atoms with Crippen molar-refractivity contribution in [1.82, 2.24) is 0 Å². The molecule has 29 heavy (non-hydrogen) atoms. The highest BCUT2D eigenvalue weighted by atomic mass is 16.5. The minimum atomic E-state index is -0.600. The lowest BCUT2D eigenvalue weighted by molar-refractivity contribution is -0.142. The van der Waals surface area contributed by atoms with E-state index in [-0.39, 0.29) is 18.6 Å². The third-order valence-electron chi connectivity index (χ3n) is 4.58. The summed E-state index contributed by atoms with van der Waals surface area (Å²) in [5.74, 6) is 0.575. The van der Waals surface area contributed by atoms with Crippen molar-refractivity contribution in [3.8, 4) is 11.5 Å². The summed E-state index contributed by atoms with van der Waals surface area (Å²) in [5.41, 5.74) is 2.55. The Morgan fingerprint density at radius 3 is 2.72 bits per heavy atom. The first-order valence-electron chi connectivity index (χ1n) is 9.60. The second-order valence-corrected chi connectivity index (χ2v) is 6.79. The molecular formula is C23H25NO5. The molecule has 0 aliphatic carbocycles. The number of likely N-dealkylation sites (N-methyl/N-ethyl adjacent to an activating group) is 1. The van der Waals surface area contributed by atoms with Crippen LogP contribution < -0.4 is 14.4 Å². The molecule has 1 atom stereocenters. The van der Waals surface area contributed by atoms with Crippen LogP contribution in [0.25, 0.3) is 6.08 Å². The molecule has 0 bridgehead atoms. The number of amides is 1. The van der Waals surface area contributed by atoms with Gasteiger partial charge in [0.1, 0.15) is 17.6 Å². The van der Waals surface area contributed by atoms with E-state index in [2.05, 4.69) is 0 Å². The Morgan fingerprint density at radius 1 is 1.24 bits per heavy atom. The van der Waals surface area contributed by atoms with Gasteiger partial charge in [-0.3, -0.25) is 4.79 Å². The molecule has 0 saturated carbocycles. The second kappa shape index (κ2) is 9.28. The Kier molecular flexibility index (Phi) is 6.54. The summed E-state index contributed by atoms with van der Waals surface area (Å²) in [5, 5.41) is 0. The first-order chi connectivity index (χ1) is 14.0. The summed E-state index contributed by atoms with van der Waals surface area (Å²) in [7, 11) is 1.64. The Labute approximate surface area is 170 Å². The van der Waals surface area contributed by atoms with Gasteiger partial charge in [-0.2, -0.15) is 0 Å². The molecule has 1 heterocycles. The lowest BCUT2D eigenvalue weighted by Crippen LogP contribution is -2.30. The van der Waals surface area contributed by atoms with Crippen molar-refractivity contribution >= 4 is 23.6 Å². The maximum absolute atomic E-state index is 12.2. The third kappa shape index (κ3) is 5.16. The molecule has 0 saturated heterocycles. The van der Waals surface area contributed by atoms with E-state index in [1.807, 2.05) is 56.3 Å². The molecule has 1 aliphatic rings. The number of esters is 1. The largest absolute Gasteiger partial charge is 0.493 e. The molecule has 1 aliphatic heterocycles. The number of carbonyl (C=O) groups is 2. The van der Waals surface area contributed by atoms with Crippen molar-refractivity contribution in [2.45, 2.75) is 26.4 Å². The van der Waals surface area contributed by atoms with Crippen LogP contribution in [-0.2, 0) is 20.7 Å². The lowest BCUT2D eigenvalue weighted by Gasteiger charge is -2.16. The van der Waals surface area contributed by atoms with E-state index >= 15 is 0 Å². The van der Waals surface area contributed by atoms with Crippen molar-refractivity contribution in [2.75, 3.05) is 25.2 Å². The van der Waals surface area contributed by atoms with Gasteiger partial charge in [0.15, 0.2) is 6.61 Å². The molecule has 0 unspecified atom stereocenters. The average molecular weight is 395 g/mol. The van der Waals surface area contributed by atoms with Crippen LogP contribution in [0.2, 0.25) is 0 Å². The van der Waals surface area contributed by atoms with E-state index in [9.17, 15) is 9.59 Å². The monoisotopic (exact) mass is 395 g/mol. The van der Waals surface area contributed by atoms with E-state index in [1.165, 1.54) is 11.0 Å². The summed E-state index contributed by atoms with van der Waals surface area (Å²) in [6, 6.07) is 13.0.